The lowest BCUT2D eigenvalue weighted by atomic mass is 10.1. The van der Waals surface area contributed by atoms with Crippen LogP contribution in [-0.2, 0) is 35.5 Å². The molecule has 2 heterocycles. The highest BCUT2D eigenvalue weighted by Gasteiger charge is 2.30. The number of esters is 1. The maximum atomic E-state index is 14.1. The summed E-state index contributed by atoms with van der Waals surface area (Å²) in [5.74, 6) is -1.42. The minimum atomic E-state index is -0.612. The summed E-state index contributed by atoms with van der Waals surface area (Å²) in [5, 5.41) is 14.7. The van der Waals surface area contributed by atoms with Gasteiger partial charge in [0.25, 0.3) is 5.91 Å². The van der Waals surface area contributed by atoms with Crippen molar-refractivity contribution in [2.75, 3.05) is 11.9 Å². The topological polar surface area (TPSA) is 115 Å². The normalized spacial score (nSPS) is 12.9. The third kappa shape index (κ3) is 6.55. The van der Waals surface area contributed by atoms with Crippen molar-refractivity contribution in [2.24, 2.45) is 0 Å². The molecule has 0 spiro atoms. The van der Waals surface area contributed by atoms with Gasteiger partial charge in [-0.3, -0.25) is 9.59 Å². The summed E-state index contributed by atoms with van der Waals surface area (Å²) in [6.45, 7) is 4.18. The third-order valence-corrected chi connectivity index (χ3v) is 9.08. The summed E-state index contributed by atoms with van der Waals surface area (Å²) >= 11 is 2.65. The van der Waals surface area contributed by atoms with Crippen LogP contribution in [-0.4, -0.2) is 44.4 Å². The van der Waals surface area contributed by atoms with Gasteiger partial charge in [-0.15, -0.1) is 21.5 Å². The van der Waals surface area contributed by atoms with Crippen molar-refractivity contribution in [1.82, 2.24) is 20.1 Å². The van der Waals surface area contributed by atoms with E-state index in [1.54, 1.807) is 19.9 Å². The van der Waals surface area contributed by atoms with E-state index < -0.39 is 22.9 Å². The van der Waals surface area contributed by atoms with Crippen LogP contribution < -0.4 is 10.6 Å². The van der Waals surface area contributed by atoms with Crippen molar-refractivity contribution in [1.29, 1.82) is 0 Å². The van der Waals surface area contributed by atoms with Crippen LogP contribution in [0, 0.1) is 5.82 Å². The Bertz CT molecular complexity index is 1600. The fourth-order valence-corrected chi connectivity index (χ4v) is 6.85. The smallest absolute Gasteiger partial charge is 0.341 e. The van der Waals surface area contributed by atoms with Crippen LogP contribution in [0.25, 0.3) is 0 Å². The number of rotatable bonds is 11. The van der Waals surface area contributed by atoms with Crippen molar-refractivity contribution >= 4 is 45.9 Å². The Morgan fingerprint density at radius 1 is 1.10 bits per heavy atom. The highest BCUT2D eigenvalue weighted by atomic mass is 32.2. The van der Waals surface area contributed by atoms with E-state index in [1.807, 2.05) is 34.9 Å². The maximum absolute atomic E-state index is 14.1. The lowest BCUT2D eigenvalue weighted by molar-refractivity contribution is -0.115. The second-order valence-electron chi connectivity index (χ2n) is 9.66. The lowest BCUT2D eigenvalue weighted by Gasteiger charge is -2.15. The molecule has 4 aromatic rings. The molecule has 2 N–H and O–H groups in total. The third-order valence-electron chi connectivity index (χ3n) is 6.79. The molecular formula is C30H30FN5O4S2. The predicted molar refractivity (Wildman–Crippen MR) is 159 cm³/mol. The quantitative estimate of drug-likeness (QED) is 0.177. The lowest BCUT2D eigenvalue weighted by Crippen LogP contribution is -2.26. The van der Waals surface area contributed by atoms with Crippen LogP contribution in [0.1, 0.15) is 62.8 Å². The number of thiophene rings is 1. The number of aromatic nitrogens is 3. The second-order valence-corrected chi connectivity index (χ2v) is 12.1. The molecule has 1 aliphatic carbocycles. The highest BCUT2D eigenvalue weighted by molar-refractivity contribution is 8.00. The van der Waals surface area contributed by atoms with E-state index >= 15 is 0 Å². The first-order chi connectivity index (χ1) is 20.4. The number of nitrogens with one attached hydrogen (secondary N) is 2. The highest BCUT2D eigenvalue weighted by Crippen LogP contribution is 2.40. The molecule has 0 bridgehead atoms. The van der Waals surface area contributed by atoms with Gasteiger partial charge in [0.15, 0.2) is 11.0 Å². The van der Waals surface area contributed by atoms with Gasteiger partial charge in [-0.2, -0.15) is 0 Å². The molecule has 2 aromatic heterocycles. The molecule has 9 nitrogen and oxygen atoms in total. The number of ether oxygens (including phenoxy) is 1. The minimum Gasteiger partial charge on any atom is -0.462 e. The summed E-state index contributed by atoms with van der Waals surface area (Å²) in [5.41, 5.74) is 2.34. The SMILES string of the molecule is CCOC(=O)c1c(NC(=O)[C@H](C)Sc2nnc(CNC(=O)c3ccccc3F)n2Cc2ccccc2)sc2c1CCC2. The van der Waals surface area contributed by atoms with Crippen LogP contribution in [0.15, 0.2) is 59.8 Å². The molecule has 0 saturated heterocycles. The van der Waals surface area contributed by atoms with E-state index in [9.17, 15) is 18.8 Å². The monoisotopic (exact) mass is 607 g/mol. The number of nitrogens with zero attached hydrogens (tertiary/aromatic N) is 3. The van der Waals surface area contributed by atoms with E-state index in [1.165, 1.54) is 41.3 Å². The first-order valence-corrected chi connectivity index (χ1v) is 15.3. The Morgan fingerprint density at radius 2 is 1.86 bits per heavy atom. The Kier molecular flexibility index (Phi) is 9.33. The maximum Gasteiger partial charge on any atom is 0.341 e. The summed E-state index contributed by atoms with van der Waals surface area (Å²) in [6, 6.07) is 15.4. The van der Waals surface area contributed by atoms with E-state index in [-0.39, 0.29) is 24.6 Å². The molecule has 1 atom stereocenters. The number of benzene rings is 2. The molecule has 2 amide bonds. The molecule has 0 saturated carbocycles. The predicted octanol–water partition coefficient (Wildman–Crippen LogP) is 5.24. The summed E-state index contributed by atoms with van der Waals surface area (Å²) in [7, 11) is 0. The largest absolute Gasteiger partial charge is 0.462 e. The van der Waals surface area contributed by atoms with Crippen LogP contribution in [0.3, 0.4) is 0 Å². The molecule has 218 valence electrons. The minimum absolute atomic E-state index is 0.0117. The van der Waals surface area contributed by atoms with Gasteiger partial charge >= 0.3 is 5.97 Å². The number of thioether (sulfide) groups is 1. The van der Waals surface area contributed by atoms with Crippen LogP contribution in [0.2, 0.25) is 0 Å². The molecule has 0 radical (unpaired) electrons. The van der Waals surface area contributed by atoms with Crippen LogP contribution >= 0.6 is 23.1 Å². The van der Waals surface area contributed by atoms with Gasteiger partial charge < -0.3 is 19.9 Å². The van der Waals surface area contributed by atoms with Gasteiger partial charge in [0.2, 0.25) is 5.91 Å². The van der Waals surface area contributed by atoms with Gasteiger partial charge in [0.1, 0.15) is 10.8 Å². The van der Waals surface area contributed by atoms with E-state index in [0.29, 0.717) is 28.1 Å². The zero-order chi connectivity index (χ0) is 29.6. The molecule has 2 aromatic carbocycles. The average Bonchev–Trinajstić information content (AvgIpc) is 3.68. The zero-order valence-corrected chi connectivity index (χ0v) is 24.8. The number of hydrogen-bond acceptors (Lipinski definition) is 8. The second kappa shape index (κ2) is 13.3. The number of amides is 2. The summed E-state index contributed by atoms with van der Waals surface area (Å²) < 4.78 is 21.2. The van der Waals surface area contributed by atoms with Gasteiger partial charge in [0, 0.05) is 4.88 Å². The number of hydrogen-bond donors (Lipinski definition) is 2. The molecule has 0 unspecified atom stereocenters. The Morgan fingerprint density at radius 3 is 2.62 bits per heavy atom. The van der Waals surface area contributed by atoms with Crippen LogP contribution in [0.4, 0.5) is 9.39 Å². The summed E-state index contributed by atoms with van der Waals surface area (Å²) in [6.07, 6.45) is 2.65. The molecular weight excluding hydrogens is 577 g/mol. The Balaban J connectivity index is 1.33. The Labute approximate surface area is 250 Å². The van der Waals surface area contributed by atoms with Gasteiger partial charge in [-0.25, -0.2) is 9.18 Å². The number of anilines is 1. The summed E-state index contributed by atoms with van der Waals surface area (Å²) in [4.78, 5) is 39.8. The Hall–Kier alpha value is -4.03. The van der Waals surface area contributed by atoms with E-state index in [0.717, 1.165) is 35.3 Å². The van der Waals surface area contributed by atoms with Crippen LogP contribution in [0.5, 0.6) is 0 Å². The molecule has 42 heavy (non-hydrogen) atoms. The van der Waals surface area contributed by atoms with Crippen molar-refractivity contribution in [3.05, 3.63) is 93.4 Å². The van der Waals surface area contributed by atoms with Gasteiger partial charge in [-0.05, 0) is 56.4 Å². The van der Waals surface area contributed by atoms with Crippen molar-refractivity contribution in [3.63, 3.8) is 0 Å². The molecule has 1 aliphatic rings. The van der Waals surface area contributed by atoms with E-state index in [4.69, 9.17) is 4.74 Å². The molecule has 12 heteroatoms. The van der Waals surface area contributed by atoms with Gasteiger partial charge in [0.05, 0.1) is 36.1 Å². The first-order valence-electron chi connectivity index (χ1n) is 13.6. The average molecular weight is 608 g/mol. The van der Waals surface area contributed by atoms with Crippen molar-refractivity contribution < 1.29 is 23.5 Å². The molecule has 0 fully saturated rings. The number of aryl methyl sites for hydroxylation is 1. The van der Waals surface area contributed by atoms with E-state index in [2.05, 4.69) is 20.8 Å². The molecule has 0 aliphatic heterocycles. The standard InChI is InChI=1S/C30H30FN5O4S2/c1-3-40-29(39)25-21-13-9-15-23(21)42-28(25)33-26(37)18(2)41-30-35-34-24(36(30)17-19-10-5-4-6-11-19)16-32-27(38)20-12-7-8-14-22(20)31/h4-8,10-12,14,18H,3,9,13,15-17H2,1-2H3,(H,32,38)(H,33,37)/t18-/m0/s1. The van der Waals surface area contributed by atoms with Gasteiger partial charge in [-0.1, -0.05) is 54.2 Å². The fourth-order valence-electron chi connectivity index (χ4n) is 4.70. The number of carbonyl (C=O) groups excluding carboxylic acids is 3. The number of carbonyl (C=O) groups is 3. The van der Waals surface area contributed by atoms with Crippen molar-refractivity contribution in [3.8, 4) is 0 Å². The number of fused-ring (bicyclic) bond motifs is 1. The zero-order valence-electron chi connectivity index (χ0n) is 23.2. The first kappa shape index (κ1) is 29.5. The fraction of sp³-hybridized carbons (Fsp3) is 0.300. The molecule has 5 rings (SSSR count). The van der Waals surface area contributed by atoms with Crippen molar-refractivity contribution in [2.45, 2.75) is 56.6 Å². The number of halogens is 1.